The first-order chi connectivity index (χ1) is 9.20. The van der Waals surface area contributed by atoms with Crippen molar-refractivity contribution >= 4 is 11.0 Å². The van der Waals surface area contributed by atoms with Gasteiger partial charge in [0.15, 0.2) is 5.82 Å². The number of nitrogens with one attached hydrogen (secondary N) is 1. The van der Waals surface area contributed by atoms with E-state index in [-0.39, 0.29) is 5.82 Å². The van der Waals surface area contributed by atoms with E-state index in [2.05, 4.69) is 28.7 Å². The Labute approximate surface area is 112 Å². The summed E-state index contributed by atoms with van der Waals surface area (Å²) >= 11 is 0. The lowest BCUT2D eigenvalue weighted by Gasteiger charge is -2.27. The van der Waals surface area contributed by atoms with Gasteiger partial charge in [0, 0.05) is 18.5 Å². The maximum atomic E-state index is 13.9. The standard InChI is InChI=1S/C15H20FN3/c1-3-19-13-6-4-5-12(16)14(13)18-15(19)11-7-8-17-10(2)9-11/h4-6,10-11,17H,3,7-9H2,1-2H3. The molecule has 0 spiro atoms. The second-order valence-electron chi connectivity index (χ2n) is 5.40. The Balaban J connectivity index is 2.10. The normalized spacial score (nSPS) is 23.9. The number of aryl methyl sites for hydroxylation is 1. The molecule has 1 saturated heterocycles. The molecular weight excluding hydrogens is 241 g/mol. The number of imidazole rings is 1. The zero-order valence-electron chi connectivity index (χ0n) is 11.5. The number of hydrogen-bond donors (Lipinski definition) is 1. The molecule has 2 aromatic rings. The van der Waals surface area contributed by atoms with Crippen molar-refractivity contribution in [1.29, 1.82) is 0 Å². The number of aromatic nitrogens is 2. The van der Waals surface area contributed by atoms with E-state index in [1.165, 1.54) is 6.07 Å². The van der Waals surface area contributed by atoms with E-state index in [9.17, 15) is 4.39 Å². The van der Waals surface area contributed by atoms with Gasteiger partial charge in [-0.3, -0.25) is 0 Å². The number of para-hydroxylation sites is 1. The third kappa shape index (κ3) is 2.14. The molecule has 4 heteroatoms. The summed E-state index contributed by atoms with van der Waals surface area (Å²) in [6, 6.07) is 5.72. The Morgan fingerprint density at radius 2 is 2.32 bits per heavy atom. The van der Waals surface area contributed by atoms with E-state index in [1.807, 2.05) is 6.07 Å². The van der Waals surface area contributed by atoms with Crippen molar-refractivity contribution in [3.8, 4) is 0 Å². The zero-order chi connectivity index (χ0) is 13.4. The van der Waals surface area contributed by atoms with Gasteiger partial charge in [-0.25, -0.2) is 9.37 Å². The van der Waals surface area contributed by atoms with Crippen molar-refractivity contribution < 1.29 is 4.39 Å². The van der Waals surface area contributed by atoms with Gasteiger partial charge in [0.2, 0.25) is 0 Å². The number of nitrogens with zero attached hydrogens (tertiary/aromatic N) is 2. The topological polar surface area (TPSA) is 29.9 Å². The summed E-state index contributed by atoms with van der Waals surface area (Å²) in [7, 11) is 0. The summed E-state index contributed by atoms with van der Waals surface area (Å²) in [5, 5.41) is 3.45. The predicted molar refractivity (Wildman–Crippen MR) is 74.8 cm³/mol. The van der Waals surface area contributed by atoms with E-state index < -0.39 is 0 Å². The Morgan fingerprint density at radius 1 is 1.47 bits per heavy atom. The zero-order valence-corrected chi connectivity index (χ0v) is 11.5. The van der Waals surface area contributed by atoms with Crippen LogP contribution in [0.3, 0.4) is 0 Å². The molecule has 0 amide bonds. The van der Waals surface area contributed by atoms with Crippen LogP contribution in [0.5, 0.6) is 0 Å². The van der Waals surface area contributed by atoms with Gasteiger partial charge in [-0.1, -0.05) is 6.07 Å². The number of halogens is 1. The van der Waals surface area contributed by atoms with Crippen molar-refractivity contribution in [2.75, 3.05) is 6.54 Å². The molecule has 0 radical (unpaired) electrons. The highest BCUT2D eigenvalue weighted by atomic mass is 19.1. The molecule has 0 aliphatic carbocycles. The van der Waals surface area contributed by atoms with Crippen LogP contribution < -0.4 is 5.32 Å². The molecule has 1 aliphatic rings. The van der Waals surface area contributed by atoms with Crippen molar-refractivity contribution in [2.45, 2.75) is 45.2 Å². The first-order valence-electron chi connectivity index (χ1n) is 7.08. The Morgan fingerprint density at radius 3 is 3.05 bits per heavy atom. The summed E-state index contributed by atoms with van der Waals surface area (Å²) in [5.74, 6) is 1.27. The fraction of sp³-hybridized carbons (Fsp3) is 0.533. The minimum Gasteiger partial charge on any atom is -0.328 e. The summed E-state index contributed by atoms with van der Waals surface area (Å²) in [4.78, 5) is 4.60. The number of hydrogen-bond acceptors (Lipinski definition) is 2. The minimum absolute atomic E-state index is 0.215. The first-order valence-corrected chi connectivity index (χ1v) is 7.08. The lowest BCUT2D eigenvalue weighted by molar-refractivity contribution is 0.365. The fourth-order valence-corrected chi connectivity index (χ4v) is 3.14. The molecule has 1 aromatic heterocycles. The number of rotatable bonds is 2. The van der Waals surface area contributed by atoms with Crippen molar-refractivity contribution in [2.24, 2.45) is 0 Å². The second-order valence-corrected chi connectivity index (χ2v) is 5.40. The Hall–Kier alpha value is -1.42. The van der Waals surface area contributed by atoms with Gasteiger partial charge in [0.25, 0.3) is 0 Å². The lowest BCUT2D eigenvalue weighted by Crippen LogP contribution is -2.35. The average Bonchev–Trinajstić information content (AvgIpc) is 2.79. The van der Waals surface area contributed by atoms with E-state index >= 15 is 0 Å². The highest BCUT2D eigenvalue weighted by Gasteiger charge is 2.25. The third-order valence-electron chi connectivity index (χ3n) is 4.06. The van der Waals surface area contributed by atoms with E-state index in [0.717, 1.165) is 37.3 Å². The van der Waals surface area contributed by atoms with Crippen LogP contribution in [0.4, 0.5) is 4.39 Å². The van der Waals surface area contributed by atoms with Crippen LogP contribution in [0.2, 0.25) is 0 Å². The molecule has 19 heavy (non-hydrogen) atoms. The highest BCUT2D eigenvalue weighted by Crippen LogP contribution is 2.30. The molecule has 1 fully saturated rings. The summed E-state index contributed by atoms with van der Waals surface area (Å²) in [6.07, 6.45) is 2.15. The predicted octanol–water partition coefficient (Wildman–Crippen LogP) is 3.05. The monoisotopic (exact) mass is 261 g/mol. The lowest BCUT2D eigenvalue weighted by atomic mass is 9.92. The van der Waals surface area contributed by atoms with Crippen molar-refractivity contribution in [1.82, 2.24) is 14.9 Å². The van der Waals surface area contributed by atoms with Crippen LogP contribution in [0, 0.1) is 5.82 Å². The summed E-state index contributed by atoms with van der Waals surface area (Å²) in [5.41, 5.74) is 1.44. The largest absolute Gasteiger partial charge is 0.328 e. The molecule has 102 valence electrons. The minimum atomic E-state index is -0.215. The second kappa shape index (κ2) is 4.93. The third-order valence-corrected chi connectivity index (χ3v) is 4.06. The molecule has 1 N–H and O–H groups in total. The number of benzene rings is 1. The molecular formula is C15H20FN3. The van der Waals surface area contributed by atoms with Crippen molar-refractivity contribution in [3.63, 3.8) is 0 Å². The van der Waals surface area contributed by atoms with E-state index in [1.54, 1.807) is 6.07 Å². The highest BCUT2D eigenvalue weighted by molar-refractivity contribution is 5.76. The van der Waals surface area contributed by atoms with Gasteiger partial charge in [-0.15, -0.1) is 0 Å². The van der Waals surface area contributed by atoms with Crippen LogP contribution in [0.15, 0.2) is 18.2 Å². The summed E-state index contributed by atoms with van der Waals surface area (Å²) < 4.78 is 16.0. The SMILES string of the molecule is CCn1c(C2CCNC(C)C2)nc2c(F)cccc21. The Kier molecular flexibility index (Phi) is 3.27. The van der Waals surface area contributed by atoms with Gasteiger partial charge >= 0.3 is 0 Å². The maximum Gasteiger partial charge on any atom is 0.151 e. The fourth-order valence-electron chi connectivity index (χ4n) is 3.14. The molecule has 2 heterocycles. The molecule has 0 bridgehead atoms. The van der Waals surface area contributed by atoms with Crippen LogP contribution in [0.1, 0.15) is 38.4 Å². The van der Waals surface area contributed by atoms with Crippen LogP contribution in [-0.2, 0) is 6.54 Å². The van der Waals surface area contributed by atoms with E-state index in [4.69, 9.17) is 0 Å². The van der Waals surface area contributed by atoms with Gasteiger partial charge in [-0.2, -0.15) is 0 Å². The van der Waals surface area contributed by atoms with Gasteiger partial charge in [0.1, 0.15) is 11.3 Å². The van der Waals surface area contributed by atoms with E-state index in [0.29, 0.717) is 17.5 Å². The molecule has 3 rings (SSSR count). The van der Waals surface area contributed by atoms with Gasteiger partial charge in [-0.05, 0) is 45.4 Å². The maximum absolute atomic E-state index is 13.9. The van der Waals surface area contributed by atoms with Crippen LogP contribution >= 0.6 is 0 Å². The molecule has 0 saturated carbocycles. The molecule has 2 atom stereocenters. The molecule has 1 aromatic carbocycles. The van der Waals surface area contributed by atoms with Crippen LogP contribution in [-0.4, -0.2) is 22.1 Å². The van der Waals surface area contributed by atoms with Crippen LogP contribution in [0.25, 0.3) is 11.0 Å². The molecule has 2 unspecified atom stereocenters. The van der Waals surface area contributed by atoms with Gasteiger partial charge < -0.3 is 9.88 Å². The Bertz CT molecular complexity index is 590. The average molecular weight is 261 g/mol. The number of fused-ring (bicyclic) bond motifs is 1. The first kappa shape index (κ1) is 12.6. The smallest absolute Gasteiger partial charge is 0.151 e. The molecule has 1 aliphatic heterocycles. The quantitative estimate of drug-likeness (QED) is 0.900. The number of piperidine rings is 1. The van der Waals surface area contributed by atoms with Gasteiger partial charge in [0.05, 0.1) is 5.52 Å². The molecule has 3 nitrogen and oxygen atoms in total. The van der Waals surface area contributed by atoms with Crippen molar-refractivity contribution in [3.05, 3.63) is 29.8 Å². The summed E-state index contributed by atoms with van der Waals surface area (Å²) in [6.45, 7) is 6.15.